The van der Waals surface area contributed by atoms with Crippen LogP contribution >= 0.6 is 11.3 Å². The molecule has 0 amide bonds. The Labute approximate surface area is 169 Å². The van der Waals surface area contributed by atoms with Crippen molar-refractivity contribution in [2.45, 2.75) is 36.6 Å². The first kappa shape index (κ1) is 19.2. The van der Waals surface area contributed by atoms with Crippen molar-refractivity contribution in [2.24, 2.45) is 5.92 Å². The predicted molar refractivity (Wildman–Crippen MR) is 110 cm³/mol. The molecule has 0 bridgehead atoms. The normalized spacial score (nSPS) is 24.6. The van der Waals surface area contributed by atoms with E-state index >= 15 is 0 Å². The van der Waals surface area contributed by atoms with Crippen LogP contribution in [0.5, 0.6) is 0 Å². The second-order valence-electron chi connectivity index (χ2n) is 7.65. The van der Waals surface area contributed by atoms with E-state index in [1.165, 1.54) is 50.7 Å². The Balaban J connectivity index is 1.48. The number of sulfonamides is 1. The van der Waals surface area contributed by atoms with Crippen LogP contribution in [0.4, 0.5) is 10.8 Å². The van der Waals surface area contributed by atoms with E-state index in [1.54, 1.807) is 23.7 Å². The lowest BCUT2D eigenvalue weighted by molar-refractivity contribution is 0.209. The van der Waals surface area contributed by atoms with Gasteiger partial charge in [0, 0.05) is 35.9 Å². The fourth-order valence-corrected chi connectivity index (χ4v) is 6.48. The molecule has 1 aromatic carbocycles. The van der Waals surface area contributed by atoms with Crippen molar-refractivity contribution in [3.05, 3.63) is 35.8 Å². The largest absolute Gasteiger partial charge is 0.383 e. The molecule has 0 spiro atoms. The molecule has 0 unspecified atom stereocenters. The van der Waals surface area contributed by atoms with Crippen molar-refractivity contribution < 1.29 is 8.42 Å². The van der Waals surface area contributed by atoms with Gasteiger partial charge in [-0.2, -0.15) is 13.7 Å². The third-order valence-electron chi connectivity index (χ3n) is 5.70. The second-order valence-corrected chi connectivity index (χ2v) is 10.3. The third kappa shape index (κ3) is 3.36. The molecular weight excluding hydrogens is 394 g/mol. The van der Waals surface area contributed by atoms with Gasteiger partial charge in [0.25, 0.3) is 10.0 Å². The first-order chi connectivity index (χ1) is 13.4. The molecule has 2 atom stereocenters. The van der Waals surface area contributed by atoms with Crippen molar-refractivity contribution >= 4 is 32.2 Å². The van der Waals surface area contributed by atoms with Gasteiger partial charge in [-0.05, 0) is 56.0 Å². The van der Waals surface area contributed by atoms with Crippen molar-refractivity contribution in [3.63, 3.8) is 0 Å². The quantitative estimate of drug-likeness (QED) is 0.574. The number of nitrogens with zero attached hydrogens (tertiary/aromatic N) is 4. The van der Waals surface area contributed by atoms with E-state index in [-0.39, 0.29) is 15.6 Å². The first-order valence-electron chi connectivity index (χ1n) is 9.38. The van der Waals surface area contributed by atoms with Crippen LogP contribution < -0.4 is 9.62 Å². The van der Waals surface area contributed by atoms with Gasteiger partial charge in [-0.1, -0.05) is 6.92 Å². The summed E-state index contributed by atoms with van der Waals surface area (Å²) >= 11 is 1.11. The summed E-state index contributed by atoms with van der Waals surface area (Å²) < 4.78 is 26.2. The number of fused-ring (bicyclic) bond motifs is 1. The van der Waals surface area contributed by atoms with Gasteiger partial charge in [0.05, 0.1) is 4.90 Å². The SMILES string of the molecule is C[C@@H]1CN2CCC[C@]2(CNc2ccc(S(=O)(=O)N(C#N)c3nccs3)cc2)C1. The van der Waals surface area contributed by atoms with E-state index in [2.05, 4.69) is 22.1 Å². The lowest BCUT2D eigenvalue weighted by Crippen LogP contribution is -2.44. The number of benzene rings is 1. The first-order valence-corrected chi connectivity index (χ1v) is 11.7. The number of aromatic nitrogens is 1. The van der Waals surface area contributed by atoms with Gasteiger partial charge in [-0.15, -0.1) is 15.6 Å². The molecule has 148 valence electrons. The van der Waals surface area contributed by atoms with Crippen LogP contribution in [0, 0.1) is 17.4 Å². The number of hydrogen-bond donors (Lipinski definition) is 1. The molecule has 1 N–H and O–H groups in total. The van der Waals surface area contributed by atoms with Crippen molar-refractivity contribution in [2.75, 3.05) is 29.3 Å². The van der Waals surface area contributed by atoms with Crippen LogP contribution in [0.1, 0.15) is 26.2 Å². The van der Waals surface area contributed by atoms with E-state index in [1.807, 2.05) is 0 Å². The maximum absolute atomic E-state index is 12.8. The Morgan fingerprint density at radius 3 is 2.89 bits per heavy atom. The Kier molecular flexibility index (Phi) is 5.04. The Morgan fingerprint density at radius 1 is 1.43 bits per heavy atom. The summed E-state index contributed by atoms with van der Waals surface area (Å²) in [6.45, 7) is 5.51. The summed E-state index contributed by atoms with van der Waals surface area (Å²) in [6, 6.07) is 6.60. The summed E-state index contributed by atoms with van der Waals surface area (Å²) in [7, 11) is -3.96. The van der Waals surface area contributed by atoms with Crippen LogP contribution in [0.3, 0.4) is 0 Å². The minimum Gasteiger partial charge on any atom is -0.383 e. The van der Waals surface area contributed by atoms with Gasteiger partial charge < -0.3 is 5.32 Å². The Morgan fingerprint density at radius 2 is 2.21 bits per heavy atom. The second kappa shape index (κ2) is 7.35. The minimum atomic E-state index is -3.96. The molecule has 2 aliphatic heterocycles. The van der Waals surface area contributed by atoms with E-state index in [4.69, 9.17) is 0 Å². The molecule has 2 fully saturated rings. The number of anilines is 2. The molecule has 0 aliphatic carbocycles. The van der Waals surface area contributed by atoms with Gasteiger partial charge in [-0.25, -0.2) is 4.98 Å². The minimum absolute atomic E-state index is 0.0740. The van der Waals surface area contributed by atoms with Crippen molar-refractivity contribution in [3.8, 4) is 6.19 Å². The van der Waals surface area contributed by atoms with Gasteiger partial charge in [0.1, 0.15) is 0 Å². The molecule has 4 rings (SSSR count). The van der Waals surface area contributed by atoms with Crippen molar-refractivity contribution in [1.82, 2.24) is 9.88 Å². The molecule has 1 aromatic heterocycles. The van der Waals surface area contributed by atoms with Crippen LogP contribution in [-0.2, 0) is 10.0 Å². The van der Waals surface area contributed by atoms with Gasteiger partial charge in [-0.3, -0.25) is 4.90 Å². The number of nitriles is 1. The van der Waals surface area contributed by atoms with Crippen LogP contribution in [0.25, 0.3) is 0 Å². The van der Waals surface area contributed by atoms with Crippen LogP contribution in [-0.4, -0.2) is 43.5 Å². The molecule has 28 heavy (non-hydrogen) atoms. The maximum atomic E-state index is 12.8. The highest BCUT2D eigenvalue weighted by atomic mass is 32.2. The van der Waals surface area contributed by atoms with E-state index in [0.29, 0.717) is 4.31 Å². The predicted octanol–water partition coefficient (Wildman–Crippen LogP) is 3.11. The monoisotopic (exact) mass is 417 g/mol. The van der Waals surface area contributed by atoms with Gasteiger partial charge in [0.2, 0.25) is 11.3 Å². The number of nitrogens with one attached hydrogen (secondary N) is 1. The molecule has 2 saturated heterocycles. The van der Waals surface area contributed by atoms with Gasteiger partial charge >= 0.3 is 0 Å². The highest BCUT2D eigenvalue weighted by molar-refractivity contribution is 7.93. The molecule has 0 saturated carbocycles. The summed E-state index contributed by atoms with van der Waals surface area (Å²) in [6.07, 6.45) is 6.85. The molecule has 7 nitrogen and oxygen atoms in total. The lowest BCUT2D eigenvalue weighted by Gasteiger charge is -2.32. The number of hydrogen-bond acceptors (Lipinski definition) is 7. The molecule has 2 aliphatic rings. The van der Waals surface area contributed by atoms with E-state index in [9.17, 15) is 13.7 Å². The zero-order valence-corrected chi connectivity index (χ0v) is 17.3. The molecule has 3 heterocycles. The number of rotatable bonds is 6. The average molecular weight is 418 g/mol. The summed E-state index contributed by atoms with van der Waals surface area (Å²) in [5.41, 5.74) is 1.12. The highest BCUT2D eigenvalue weighted by Gasteiger charge is 2.46. The zero-order valence-electron chi connectivity index (χ0n) is 15.7. The van der Waals surface area contributed by atoms with Crippen molar-refractivity contribution in [1.29, 1.82) is 5.26 Å². The summed E-state index contributed by atoms with van der Waals surface area (Å²) in [5, 5.41) is 14.6. The topological polar surface area (TPSA) is 89.3 Å². The van der Waals surface area contributed by atoms with E-state index in [0.717, 1.165) is 29.5 Å². The maximum Gasteiger partial charge on any atom is 0.278 e. The Hall–Kier alpha value is -2.15. The fourth-order valence-electron chi connectivity index (χ4n) is 4.50. The van der Waals surface area contributed by atoms with Crippen LogP contribution in [0.15, 0.2) is 40.7 Å². The van der Waals surface area contributed by atoms with Crippen LogP contribution in [0.2, 0.25) is 0 Å². The fraction of sp³-hybridized carbons (Fsp3) is 0.474. The smallest absolute Gasteiger partial charge is 0.278 e. The standard InChI is InChI=1S/C19H23N5O2S2/c1-15-11-19(7-2-9-23(19)12-15)13-22-16-3-5-17(6-4-16)28(25,26)24(14-20)18-21-8-10-27-18/h3-6,8,10,15,22H,2,7,9,11-13H2,1H3/t15-,19+/m0/s1. The Bertz CT molecular complexity index is 969. The average Bonchev–Trinajstić information content (AvgIpc) is 3.37. The van der Waals surface area contributed by atoms with Gasteiger partial charge in [0.15, 0.2) is 0 Å². The molecule has 0 radical (unpaired) electrons. The molecule has 2 aromatic rings. The van der Waals surface area contributed by atoms with E-state index < -0.39 is 10.0 Å². The molecule has 9 heteroatoms. The summed E-state index contributed by atoms with van der Waals surface area (Å²) in [4.78, 5) is 6.61. The summed E-state index contributed by atoms with van der Waals surface area (Å²) in [5.74, 6) is 0.720. The molecular formula is C19H23N5O2S2. The lowest BCUT2D eigenvalue weighted by atomic mass is 9.90. The zero-order chi connectivity index (χ0) is 19.8. The third-order valence-corrected chi connectivity index (χ3v) is 8.17. The number of thiazole rings is 1. The highest BCUT2D eigenvalue weighted by Crippen LogP contribution is 2.41.